The molecule has 7 heteroatoms. The lowest BCUT2D eigenvalue weighted by Gasteiger charge is -2.37. The molecule has 0 aliphatic carbocycles. The molecule has 2 fully saturated rings. The predicted octanol–water partition coefficient (Wildman–Crippen LogP) is 1.42. The number of rotatable bonds is 2. The molecule has 2 aliphatic rings. The number of carbonyl (C=O) groups excluding carboxylic acids is 1. The van der Waals surface area contributed by atoms with E-state index in [1.165, 1.54) is 0 Å². The monoisotopic (exact) mass is 342 g/mol. The predicted molar refractivity (Wildman–Crippen MR) is 87.0 cm³/mol. The van der Waals surface area contributed by atoms with Crippen LogP contribution in [0.5, 0.6) is 0 Å². The number of anilines is 1. The van der Waals surface area contributed by atoms with E-state index < -0.39 is 9.84 Å². The standard InChI is InChI=1S/C15H19ClN2O3S/c16-13-1-3-14(4-2-13)17-6-8-18(9-7-17)15(19)12-5-10-22(20,21)11-12/h1-4,12H,5-11H2/t12-/m0/s1. The quantitative estimate of drug-likeness (QED) is 0.815. The van der Waals surface area contributed by atoms with Gasteiger partial charge in [0.15, 0.2) is 9.84 Å². The second-order valence-corrected chi connectivity index (χ2v) is 8.55. The molecule has 1 aromatic rings. The SMILES string of the molecule is O=C([C@H]1CCS(=O)(=O)C1)N1CCN(c2ccc(Cl)cc2)CC1. The van der Waals surface area contributed by atoms with Gasteiger partial charge in [-0.05, 0) is 30.7 Å². The summed E-state index contributed by atoms with van der Waals surface area (Å²) in [5, 5.41) is 0.708. The summed E-state index contributed by atoms with van der Waals surface area (Å²) in [7, 11) is -3.01. The molecule has 0 spiro atoms. The molecule has 2 saturated heterocycles. The highest BCUT2D eigenvalue weighted by Crippen LogP contribution is 2.23. The minimum atomic E-state index is -3.01. The van der Waals surface area contributed by atoms with Gasteiger partial charge >= 0.3 is 0 Å². The first kappa shape index (κ1) is 15.6. The Morgan fingerprint density at radius 2 is 1.73 bits per heavy atom. The van der Waals surface area contributed by atoms with Gasteiger partial charge in [-0.2, -0.15) is 0 Å². The number of sulfone groups is 1. The molecule has 5 nitrogen and oxygen atoms in total. The van der Waals surface area contributed by atoms with E-state index in [0.717, 1.165) is 18.8 Å². The lowest BCUT2D eigenvalue weighted by Crippen LogP contribution is -2.50. The molecule has 0 saturated carbocycles. The number of piperazine rings is 1. The molecule has 0 unspecified atom stereocenters. The van der Waals surface area contributed by atoms with Gasteiger partial charge in [0, 0.05) is 36.9 Å². The fourth-order valence-electron chi connectivity index (χ4n) is 3.08. The first-order valence-corrected chi connectivity index (χ1v) is 9.64. The minimum Gasteiger partial charge on any atom is -0.368 e. The molecule has 1 atom stereocenters. The van der Waals surface area contributed by atoms with Crippen molar-refractivity contribution in [1.29, 1.82) is 0 Å². The molecule has 3 rings (SSSR count). The van der Waals surface area contributed by atoms with E-state index in [9.17, 15) is 13.2 Å². The van der Waals surface area contributed by atoms with Crippen molar-refractivity contribution in [3.63, 3.8) is 0 Å². The minimum absolute atomic E-state index is 0.00293. The third-order valence-electron chi connectivity index (χ3n) is 4.36. The van der Waals surface area contributed by atoms with Gasteiger partial charge in [-0.15, -0.1) is 0 Å². The van der Waals surface area contributed by atoms with E-state index in [4.69, 9.17) is 11.6 Å². The lowest BCUT2D eigenvalue weighted by molar-refractivity contribution is -0.135. The van der Waals surface area contributed by atoms with Crippen LogP contribution in [-0.4, -0.2) is 56.9 Å². The topological polar surface area (TPSA) is 57.7 Å². The van der Waals surface area contributed by atoms with Gasteiger partial charge in [0.2, 0.25) is 5.91 Å². The van der Waals surface area contributed by atoms with Gasteiger partial charge in [-0.3, -0.25) is 4.79 Å². The molecular weight excluding hydrogens is 324 g/mol. The van der Waals surface area contributed by atoms with E-state index in [1.54, 1.807) is 4.90 Å². The lowest BCUT2D eigenvalue weighted by atomic mass is 10.1. The molecule has 1 amide bonds. The highest BCUT2D eigenvalue weighted by molar-refractivity contribution is 7.91. The molecule has 0 N–H and O–H groups in total. The molecule has 0 aromatic heterocycles. The molecule has 0 radical (unpaired) electrons. The average Bonchev–Trinajstić information content (AvgIpc) is 2.88. The van der Waals surface area contributed by atoms with Crippen LogP contribution < -0.4 is 4.90 Å². The van der Waals surface area contributed by atoms with Gasteiger partial charge in [-0.25, -0.2) is 8.42 Å². The maximum atomic E-state index is 12.4. The highest BCUT2D eigenvalue weighted by atomic mass is 35.5. The van der Waals surface area contributed by atoms with Gasteiger partial charge in [0.05, 0.1) is 17.4 Å². The van der Waals surface area contributed by atoms with Gasteiger partial charge in [0.25, 0.3) is 0 Å². The van der Waals surface area contributed by atoms with Gasteiger partial charge in [0.1, 0.15) is 0 Å². The summed E-state index contributed by atoms with van der Waals surface area (Å²) in [5.41, 5.74) is 1.10. The van der Waals surface area contributed by atoms with Crippen molar-refractivity contribution in [2.45, 2.75) is 6.42 Å². The largest absolute Gasteiger partial charge is 0.368 e. The van der Waals surface area contributed by atoms with E-state index in [1.807, 2.05) is 24.3 Å². The van der Waals surface area contributed by atoms with Crippen molar-refractivity contribution in [3.05, 3.63) is 29.3 Å². The number of carbonyl (C=O) groups is 1. The van der Waals surface area contributed by atoms with Crippen molar-refractivity contribution >= 4 is 33.0 Å². The Morgan fingerprint density at radius 1 is 1.09 bits per heavy atom. The zero-order valence-electron chi connectivity index (χ0n) is 12.2. The molecule has 1 aromatic carbocycles. The van der Waals surface area contributed by atoms with E-state index in [2.05, 4.69) is 4.90 Å². The highest BCUT2D eigenvalue weighted by Gasteiger charge is 2.36. The summed E-state index contributed by atoms with van der Waals surface area (Å²) in [6, 6.07) is 7.67. The maximum absolute atomic E-state index is 12.4. The smallest absolute Gasteiger partial charge is 0.226 e. The first-order valence-electron chi connectivity index (χ1n) is 7.44. The van der Waals surface area contributed by atoms with Crippen molar-refractivity contribution < 1.29 is 13.2 Å². The fourth-order valence-corrected chi connectivity index (χ4v) is 4.94. The third-order valence-corrected chi connectivity index (χ3v) is 6.38. The zero-order valence-corrected chi connectivity index (χ0v) is 13.8. The molecular formula is C15H19ClN2O3S. The zero-order chi connectivity index (χ0) is 15.7. The number of benzene rings is 1. The normalized spacial score (nSPS) is 24.5. The van der Waals surface area contributed by atoms with Crippen LogP contribution in [0.25, 0.3) is 0 Å². The number of hydrogen-bond acceptors (Lipinski definition) is 4. The van der Waals surface area contributed by atoms with E-state index >= 15 is 0 Å². The first-order chi connectivity index (χ1) is 10.4. The second kappa shape index (κ2) is 6.08. The summed E-state index contributed by atoms with van der Waals surface area (Å²) >= 11 is 5.89. The van der Waals surface area contributed by atoms with E-state index in [0.29, 0.717) is 24.5 Å². The Kier molecular flexibility index (Phi) is 4.32. The van der Waals surface area contributed by atoms with Crippen LogP contribution in [0, 0.1) is 5.92 Å². The van der Waals surface area contributed by atoms with Gasteiger partial charge in [-0.1, -0.05) is 11.6 Å². The summed E-state index contributed by atoms with van der Waals surface area (Å²) in [6.45, 7) is 2.79. The van der Waals surface area contributed by atoms with Crippen LogP contribution in [0.4, 0.5) is 5.69 Å². The fraction of sp³-hybridized carbons (Fsp3) is 0.533. The second-order valence-electron chi connectivity index (χ2n) is 5.89. The summed E-state index contributed by atoms with van der Waals surface area (Å²) in [6.07, 6.45) is 0.471. The summed E-state index contributed by atoms with van der Waals surface area (Å²) in [5.74, 6) is -0.180. The number of halogens is 1. The summed E-state index contributed by atoms with van der Waals surface area (Å²) < 4.78 is 23.0. The van der Waals surface area contributed by atoms with Crippen LogP contribution in [0.2, 0.25) is 5.02 Å². The molecule has 22 heavy (non-hydrogen) atoms. The van der Waals surface area contributed by atoms with Crippen LogP contribution in [-0.2, 0) is 14.6 Å². The van der Waals surface area contributed by atoms with Crippen molar-refractivity contribution in [2.75, 3.05) is 42.6 Å². The summed E-state index contributed by atoms with van der Waals surface area (Å²) in [4.78, 5) is 16.4. The van der Waals surface area contributed by atoms with Crippen LogP contribution in [0.1, 0.15) is 6.42 Å². The van der Waals surface area contributed by atoms with E-state index in [-0.39, 0.29) is 23.3 Å². The number of hydrogen-bond donors (Lipinski definition) is 0. The van der Waals surface area contributed by atoms with Crippen LogP contribution in [0.3, 0.4) is 0 Å². The van der Waals surface area contributed by atoms with Gasteiger partial charge < -0.3 is 9.80 Å². The molecule has 2 heterocycles. The Labute approximate surface area is 135 Å². The molecule has 0 bridgehead atoms. The number of amides is 1. The Hall–Kier alpha value is -1.27. The van der Waals surface area contributed by atoms with Crippen LogP contribution >= 0.6 is 11.6 Å². The Morgan fingerprint density at radius 3 is 2.27 bits per heavy atom. The molecule has 2 aliphatic heterocycles. The Balaban J connectivity index is 1.57. The third kappa shape index (κ3) is 3.38. The average molecular weight is 343 g/mol. The van der Waals surface area contributed by atoms with Crippen molar-refractivity contribution in [1.82, 2.24) is 4.90 Å². The molecule has 120 valence electrons. The van der Waals surface area contributed by atoms with Crippen molar-refractivity contribution in [3.8, 4) is 0 Å². The van der Waals surface area contributed by atoms with Crippen molar-refractivity contribution in [2.24, 2.45) is 5.92 Å². The van der Waals surface area contributed by atoms with Crippen LogP contribution in [0.15, 0.2) is 24.3 Å². The maximum Gasteiger partial charge on any atom is 0.226 e. The number of nitrogens with zero attached hydrogens (tertiary/aromatic N) is 2. The Bertz CT molecular complexity index is 652.